The first-order valence-electron chi connectivity index (χ1n) is 7.92. The van der Waals surface area contributed by atoms with E-state index in [2.05, 4.69) is 10.3 Å². The second-order valence-corrected chi connectivity index (χ2v) is 6.05. The van der Waals surface area contributed by atoms with Crippen LogP contribution in [0, 0.1) is 0 Å². The predicted molar refractivity (Wildman–Crippen MR) is 92.6 cm³/mol. The van der Waals surface area contributed by atoms with Crippen LogP contribution in [0.25, 0.3) is 0 Å². The van der Waals surface area contributed by atoms with Gasteiger partial charge in [0.2, 0.25) is 5.91 Å². The summed E-state index contributed by atoms with van der Waals surface area (Å²) in [7, 11) is 0. The number of likely N-dealkylation sites (tertiary alicyclic amines) is 1. The SMILES string of the molecule is O=C(Nc1cccnc1Cl)[C@H](c1ccccc1)N1CCCCC1=O. The molecule has 1 aliphatic rings. The van der Waals surface area contributed by atoms with Gasteiger partial charge in [0.1, 0.15) is 6.04 Å². The van der Waals surface area contributed by atoms with Crippen molar-refractivity contribution < 1.29 is 9.59 Å². The third-order valence-electron chi connectivity index (χ3n) is 4.05. The van der Waals surface area contributed by atoms with E-state index in [1.807, 2.05) is 30.3 Å². The van der Waals surface area contributed by atoms with Gasteiger partial charge in [0.05, 0.1) is 5.69 Å². The molecule has 1 aromatic heterocycles. The maximum absolute atomic E-state index is 12.9. The minimum absolute atomic E-state index is 0.00235. The summed E-state index contributed by atoms with van der Waals surface area (Å²) >= 11 is 6.03. The number of piperidine rings is 1. The largest absolute Gasteiger partial charge is 0.327 e. The summed E-state index contributed by atoms with van der Waals surface area (Å²) in [5.74, 6) is -0.283. The first kappa shape index (κ1) is 16.5. The van der Waals surface area contributed by atoms with Crippen LogP contribution in [0.4, 0.5) is 5.69 Å². The minimum atomic E-state index is -0.671. The molecule has 1 aliphatic heterocycles. The molecule has 0 aliphatic carbocycles. The summed E-state index contributed by atoms with van der Waals surface area (Å²) < 4.78 is 0. The Hall–Kier alpha value is -2.40. The molecule has 1 fully saturated rings. The number of nitrogens with one attached hydrogen (secondary N) is 1. The van der Waals surface area contributed by atoms with Crippen molar-refractivity contribution in [3.8, 4) is 0 Å². The lowest BCUT2D eigenvalue weighted by atomic mass is 10.0. The number of nitrogens with zero attached hydrogens (tertiary/aromatic N) is 2. The predicted octanol–water partition coefficient (Wildman–Crippen LogP) is 3.43. The lowest BCUT2D eigenvalue weighted by molar-refractivity contribution is -0.141. The zero-order valence-electron chi connectivity index (χ0n) is 13.1. The van der Waals surface area contributed by atoms with E-state index in [1.165, 1.54) is 0 Å². The quantitative estimate of drug-likeness (QED) is 0.865. The van der Waals surface area contributed by atoms with Crippen LogP contribution in [-0.4, -0.2) is 28.2 Å². The fraction of sp³-hybridized carbons (Fsp3) is 0.278. The molecule has 2 amide bonds. The Morgan fingerprint density at radius 1 is 1.17 bits per heavy atom. The van der Waals surface area contributed by atoms with Crippen LogP contribution < -0.4 is 5.32 Å². The molecule has 6 heteroatoms. The van der Waals surface area contributed by atoms with Gasteiger partial charge in [-0.1, -0.05) is 41.9 Å². The van der Waals surface area contributed by atoms with Crippen molar-refractivity contribution in [1.29, 1.82) is 0 Å². The van der Waals surface area contributed by atoms with E-state index in [4.69, 9.17) is 11.6 Å². The van der Waals surface area contributed by atoms with Gasteiger partial charge >= 0.3 is 0 Å². The second-order valence-electron chi connectivity index (χ2n) is 5.69. The van der Waals surface area contributed by atoms with Gasteiger partial charge in [0.25, 0.3) is 5.91 Å². The molecule has 24 heavy (non-hydrogen) atoms. The van der Waals surface area contributed by atoms with Gasteiger partial charge in [-0.05, 0) is 30.5 Å². The lowest BCUT2D eigenvalue weighted by Crippen LogP contribution is -2.43. The van der Waals surface area contributed by atoms with E-state index in [-0.39, 0.29) is 17.0 Å². The van der Waals surface area contributed by atoms with Crippen molar-refractivity contribution >= 4 is 29.1 Å². The van der Waals surface area contributed by atoms with E-state index < -0.39 is 6.04 Å². The number of hydrogen-bond acceptors (Lipinski definition) is 3. The van der Waals surface area contributed by atoms with Gasteiger partial charge < -0.3 is 10.2 Å². The molecule has 0 saturated carbocycles. The average molecular weight is 344 g/mol. The number of carbonyl (C=O) groups is 2. The van der Waals surface area contributed by atoms with Gasteiger partial charge in [-0.2, -0.15) is 0 Å². The summed E-state index contributed by atoms with van der Waals surface area (Å²) in [6.45, 7) is 0.576. The zero-order valence-corrected chi connectivity index (χ0v) is 13.9. The summed E-state index contributed by atoms with van der Waals surface area (Å²) in [6, 6.07) is 12.0. The van der Waals surface area contributed by atoms with E-state index in [0.717, 1.165) is 18.4 Å². The zero-order chi connectivity index (χ0) is 16.9. The number of anilines is 1. The molecular weight excluding hydrogens is 326 g/mol. The lowest BCUT2D eigenvalue weighted by Gasteiger charge is -2.34. The van der Waals surface area contributed by atoms with Crippen LogP contribution in [0.5, 0.6) is 0 Å². The molecule has 3 rings (SSSR count). The Morgan fingerprint density at radius 2 is 1.96 bits per heavy atom. The highest BCUT2D eigenvalue weighted by atomic mass is 35.5. The van der Waals surface area contributed by atoms with Gasteiger partial charge in [-0.3, -0.25) is 9.59 Å². The molecule has 2 heterocycles. The standard InChI is InChI=1S/C18H18ClN3O2/c19-17-14(9-6-11-20-17)21-18(24)16(13-7-2-1-3-8-13)22-12-5-4-10-15(22)23/h1-3,6-9,11,16H,4-5,10,12H2,(H,21,24)/t16-/m0/s1. The van der Waals surface area contributed by atoms with Crippen molar-refractivity contribution in [3.63, 3.8) is 0 Å². The van der Waals surface area contributed by atoms with E-state index in [1.54, 1.807) is 23.2 Å². The molecule has 0 spiro atoms. The maximum atomic E-state index is 12.9. The van der Waals surface area contributed by atoms with Crippen molar-refractivity contribution in [2.45, 2.75) is 25.3 Å². The van der Waals surface area contributed by atoms with Gasteiger partial charge in [0, 0.05) is 19.2 Å². The Morgan fingerprint density at radius 3 is 2.67 bits per heavy atom. The molecule has 0 bridgehead atoms. The highest BCUT2D eigenvalue weighted by molar-refractivity contribution is 6.32. The third-order valence-corrected chi connectivity index (χ3v) is 4.35. The molecule has 1 saturated heterocycles. The Kier molecular flexibility index (Phi) is 5.11. The van der Waals surface area contributed by atoms with Gasteiger partial charge in [0.15, 0.2) is 5.15 Å². The summed E-state index contributed by atoms with van der Waals surface area (Å²) in [6.07, 6.45) is 3.80. The number of pyridine rings is 1. The van der Waals surface area contributed by atoms with Crippen molar-refractivity contribution in [2.75, 3.05) is 11.9 Å². The highest BCUT2D eigenvalue weighted by Gasteiger charge is 2.32. The van der Waals surface area contributed by atoms with Crippen LogP contribution >= 0.6 is 11.6 Å². The minimum Gasteiger partial charge on any atom is -0.327 e. The molecule has 0 radical (unpaired) electrons. The van der Waals surface area contributed by atoms with E-state index >= 15 is 0 Å². The number of hydrogen-bond donors (Lipinski definition) is 1. The smallest absolute Gasteiger partial charge is 0.251 e. The van der Waals surface area contributed by atoms with Crippen molar-refractivity contribution in [2.24, 2.45) is 0 Å². The van der Waals surface area contributed by atoms with Crippen LogP contribution in [0.2, 0.25) is 5.15 Å². The molecule has 2 aromatic rings. The van der Waals surface area contributed by atoms with Crippen LogP contribution in [-0.2, 0) is 9.59 Å². The summed E-state index contributed by atoms with van der Waals surface area (Å²) in [5, 5.41) is 3.02. The molecule has 5 nitrogen and oxygen atoms in total. The second kappa shape index (κ2) is 7.45. The Balaban J connectivity index is 1.91. The van der Waals surface area contributed by atoms with Crippen LogP contribution in [0.15, 0.2) is 48.7 Å². The number of benzene rings is 1. The normalized spacial score (nSPS) is 15.9. The van der Waals surface area contributed by atoms with E-state index in [0.29, 0.717) is 18.7 Å². The van der Waals surface area contributed by atoms with Crippen LogP contribution in [0.1, 0.15) is 30.9 Å². The monoisotopic (exact) mass is 343 g/mol. The molecular formula is C18H18ClN3O2. The topological polar surface area (TPSA) is 62.3 Å². The maximum Gasteiger partial charge on any atom is 0.251 e. The molecule has 124 valence electrons. The number of halogens is 1. The Bertz CT molecular complexity index is 736. The number of amides is 2. The first-order chi connectivity index (χ1) is 11.7. The molecule has 1 aromatic carbocycles. The number of rotatable bonds is 4. The van der Waals surface area contributed by atoms with Gasteiger partial charge in [-0.15, -0.1) is 0 Å². The third kappa shape index (κ3) is 3.57. The van der Waals surface area contributed by atoms with E-state index in [9.17, 15) is 9.59 Å². The molecule has 1 atom stereocenters. The average Bonchev–Trinajstić information content (AvgIpc) is 2.60. The number of carbonyl (C=O) groups excluding carboxylic acids is 2. The summed E-state index contributed by atoms with van der Waals surface area (Å²) in [4.78, 5) is 30.9. The highest BCUT2D eigenvalue weighted by Crippen LogP contribution is 2.28. The van der Waals surface area contributed by atoms with Crippen LogP contribution in [0.3, 0.4) is 0 Å². The first-order valence-corrected chi connectivity index (χ1v) is 8.30. The molecule has 1 N–H and O–H groups in total. The summed E-state index contributed by atoms with van der Waals surface area (Å²) in [5.41, 5.74) is 1.22. The van der Waals surface area contributed by atoms with Crippen molar-refractivity contribution in [3.05, 3.63) is 59.4 Å². The Labute approximate surface area is 145 Å². The fourth-order valence-corrected chi connectivity index (χ4v) is 3.05. The molecule has 0 unspecified atom stereocenters. The van der Waals surface area contributed by atoms with Crippen molar-refractivity contribution in [1.82, 2.24) is 9.88 Å². The number of aromatic nitrogens is 1. The van der Waals surface area contributed by atoms with Gasteiger partial charge in [-0.25, -0.2) is 4.98 Å². The fourth-order valence-electron chi connectivity index (χ4n) is 2.89.